The summed E-state index contributed by atoms with van der Waals surface area (Å²) >= 11 is 5.66. The third-order valence-electron chi connectivity index (χ3n) is 2.42. The zero-order chi connectivity index (χ0) is 12.4. The largest absolute Gasteiger partial charge is 0.365 e. The number of pyridine rings is 1. The zero-order valence-corrected chi connectivity index (χ0v) is 9.54. The highest BCUT2D eigenvalue weighted by molar-refractivity contribution is 6.29. The fraction of sp³-hybridized carbons (Fsp3) is 0.333. The van der Waals surface area contributed by atoms with Crippen LogP contribution in [-0.4, -0.2) is 33.6 Å². The molecule has 2 rings (SSSR count). The topological polar surface area (TPSA) is 97.7 Å². The van der Waals surface area contributed by atoms with Gasteiger partial charge < -0.3 is 5.73 Å². The van der Waals surface area contributed by atoms with E-state index in [1.54, 1.807) is 12.3 Å². The molecule has 1 aromatic heterocycles. The normalized spacial score (nSPS) is 19.2. The van der Waals surface area contributed by atoms with Gasteiger partial charge in [-0.1, -0.05) is 22.7 Å². The van der Waals surface area contributed by atoms with Crippen LogP contribution >= 0.6 is 11.6 Å². The van der Waals surface area contributed by atoms with Crippen LogP contribution in [0, 0.1) is 10.1 Å². The van der Waals surface area contributed by atoms with E-state index in [9.17, 15) is 10.1 Å². The van der Waals surface area contributed by atoms with E-state index in [1.165, 1.54) is 0 Å². The Morgan fingerprint density at radius 1 is 1.65 bits per heavy atom. The van der Waals surface area contributed by atoms with Crippen LogP contribution < -0.4 is 5.73 Å². The van der Waals surface area contributed by atoms with Crippen molar-refractivity contribution in [3.05, 3.63) is 39.2 Å². The predicted octanol–water partition coefficient (Wildman–Crippen LogP) is 0.468. The molecule has 1 aliphatic heterocycles. The molecule has 2 N–H and O–H groups in total. The van der Waals surface area contributed by atoms with Gasteiger partial charge in [0.15, 0.2) is 5.03 Å². The summed E-state index contributed by atoms with van der Waals surface area (Å²) < 4.78 is 0. The second-order valence-electron chi connectivity index (χ2n) is 3.65. The van der Waals surface area contributed by atoms with E-state index in [2.05, 4.69) is 9.98 Å². The molecule has 0 bridgehead atoms. The monoisotopic (exact) mass is 255 g/mol. The summed E-state index contributed by atoms with van der Waals surface area (Å²) in [6.07, 6.45) is 2.18. The van der Waals surface area contributed by atoms with Crippen LogP contribution in [0.4, 0.5) is 0 Å². The van der Waals surface area contributed by atoms with Crippen molar-refractivity contribution in [1.29, 1.82) is 0 Å². The molecule has 0 saturated heterocycles. The average molecular weight is 256 g/mol. The lowest BCUT2D eigenvalue weighted by molar-refractivity contribution is -0.627. The van der Waals surface area contributed by atoms with Crippen molar-refractivity contribution in [2.45, 2.75) is 12.5 Å². The molecule has 1 aliphatic rings. The molecule has 7 nitrogen and oxygen atoms in total. The van der Waals surface area contributed by atoms with E-state index in [0.29, 0.717) is 11.6 Å². The molecule has 1 atom stereocenters. The Labute approximate surface area is 102 Å². The van der Waals surface area contributed by atoms with Gasteiger partial charge in [-0.2, -0.15) is 0 Å². The van der Waals surface area contributed by atoms with Gasteiger partial charge >= 0.3 is 0 Å². The van der Waals surface area contributed by atoms with E-state index in [4.69, 9.17) is 17.3 Å². The van der Waals surface area contributed by atoms with Crippen molar-refractivity contribution >= 4 is 17.6 Å². The van der Waals surface area contributed by atoms with Crippen molar-refractivity contribution < 1.29 is 5.03 Å². The smallest absolute Gasteiger partial charge is 0.255 e. The molecule has 90 valence electrons. The Bertz CT molecular complexity index is 461. The van der Waals surface area contributed by atoms with Crippen molar-refractivity contribution in [2.24, 2.45) is 10.7 Å². The van der Waals surface area contributed by atoms with Gasteiger partial charge in [-0.15, -0.1) is 0 Å². The zero-order valence-electron chi connectivity index (χ0n) is 8.78. The van der Waals surface area contributed by atoms with E-state index in [0.717, 1.165) is 10.6 Å². The number of aliphatic imine (C=N–C) groups is 1. The number of hydrazine groups is 1. The summed E-state index contributed by atoms with van der Waals surface area (Å²) in [5.41, 5.74) is 6.36. The van der Waals surface area contributed by atoms with Crippen LogP contribution in [0.1, 0.15) is 5.56 Å². The minimum atomic E-state index is -0.557. The summed E-state index contributed by atoms with van der Waals surface area (Å²) in [6.45, 7) is 0.182. The predicted molar refractivity (Wildman–Crippen MR) is 62.1 cm³/mol. The van der Waals surface area contributed by atoms with Crippen molar-refractivity contribution in [2.75, 3.05) is 6.54 Å². The Kier molecular flexibility index (Phi) is 3.10. The maximum absolute atomic E-state index is 10.6. The lowest BCUT2D eigenvalue weighted by Gasteiger charge is -2.07. The minimum Gasteiger partial charge on any atom is -0.365 e. The van der Waals surface area contributed by atoms with Gasteiger partial charge in [-0.25, -0.2) is 20.1 Å². The first-order valence-electron chi connectivity index (χ1n) is 4.92. The number of halogens is 1. The molecule has 17 heavy (non-hydrogen) atoms. The Balaban J connectivity index is 2.03. The lowest BCUT2D eigenvalue weighted by Crippen LogP contribution is -2.39. The molecular weight excluding hydrogens is 246 g/mol. The minimum absolute atomic E-state index is 0.0538. The molecule has 2 heterocycles. The van der Waals surface area contributed by atoms with Crippen LogP contribution in [0.25, 0.3) is 0 Å². The highest BCUT2D eigenvalue weighted by Crippen LogP contribution is 2.13. The standard InChI is InChI=1S/C9H10ClN5O2/c10-8-2-1-6(4-12-8)3-7-5-14(15(16)17)9(11)13-7/h1-2,4,7H,3,5H2,(H2,11,13). The van der Waals surface area contributed by atoms with Crippen LogP contribution in [-0.2, 0) is 6.42 Å². The summed E-state index contributed by atoms with van der Waals surface area (Å²) in [7, 11) is 0. The number of hydrogen-bond acceptors (Lipinski definition) is 5. The van der Waals surface area contributed by atoms with Crippen molar-refractivity contribution in [3.63, 3.8) is 0 Å². The summed E-state index contributed by atoms with van der Waals surface area (Å²) in [4.78, 5) is 18.6. The molecule has 1 aromatic rings. The average Bonchev–Trinajstić information content (AvgIpc) is 2.63. The first-order valence-corrected chi connectivity index (χ1v) is 5.29. The van der Waals surface area contributed by atoms with Gasteiger partial charge in [0.1, 0.15) is 11.7 Å². The third kappa shape index (κ3) is 2.62. The molecule has 0 radical (unpaired) electrons. The van der Waals surface area contributed by atoms with Crippen LogP contribution in [0.5, 0.6) is 0 Å². The summed E-state index contributed by atoms with van der Waals surface area (Å²) in [6, 6.07) is 3.27. The third-order valence-corrected chi connectivity index (χ3v) is 2.64. The van der Waals surface area contributed by atoms with E-state index in [1.807, 2.05) is 6.07 Å². The van der Waals surface area contributed by atoms with Gasteiger partial charge in [0.2, 0.25) is 0 Å². The van der Waals surface area contributed by atoms with Crippen LogP contribution in [0.2, 0.25) is 5.15 Å². The molecule has 1 unspecified atom stereocenters. The Morgan fingerprint density at radius 3 is 2.94 bits per heavy atom. The molecule has 0 aromatic carbocycles. The van der Waals surface area contributed by atoms with Crippen molar-refractivity contribution in [1.82, 2.24) is 9.99 Å². The number of rotatable bonds is 3. The van der Waals surface area contributed by atoms with E-state index >= 15 is 0 Å². The van der Waals surface area contributed by atoms with Gasteiger partial charge in [-0.05, 0) is 18.1 Å². The Hall–Kier alpha value is -1.89. The Morgan fingerprint density at radius 2 is 2.41 bits per heavy atom. The maximum Gasteiger partial charge on any atom is 0.255 e. The number of nitro groups is 1. The summed E-state index contributed by atoms with van der Waals surface area (Å²) in [5.74, 6) is -0.0538. The molecule has 0 spiro atoms. The molecular formula is C9H10ClN5O2. The summed E-state index contributed by atoms with van der Waals surface area (Å²) in [5, 5.41) is 11.3. The van der Waals surface area contributed by atoms with Crippen LogP contribution in [0.15, 0.2) is 23.3 Å². The van der Waals surface area contributed by atoms with Gasteiger partial charge in [0, 0.05) is 6.20 Å². The molecule has 0 saturated carbocycles. The second kappa shape index (κ2) is 4.54. The van der Waals surface area contributed by atoms with E-state index in [-0.39, 0.29) is 18.5 Å². The lowest BCUT2D eigenvalue weighted by atomic mass is 10.1. The number of nitrogens with zero attached hydrogens (tertiary/aromatic N) is 4. The molecule has 0 amide bonds. The van der Waals surface area contributed by atoms with Gasteiger partial charge in [-0.3, -0.25) is 0 Å². The number of aromatic nitrogens is 1. The number of hydrogen-bond donors (Lipinski definition) is 1. The quantitative estimate of drug-likeness (QED) is 0.481. The van der Waals surface area contributed by atoms with Gasteiger partial charge in [0.05, 0.1) is 6.04 Å². The molecule has 0 aliphatic carbocycles. The van der Waals surface area contributed by atoms with Gasteiger partial charge in [0.25, 0.3) is 5.96 Å². The van der Waals surface area contributed by atoms with Crippen LogP contribution in [0.3, 0.4) is 0 Å². The SMILES string of the molecule is NC1=NC(Cc2ccc(Cl)nc2)CN1[N+](=O)[O-]. The number of nitrogens with two attached hydrogens (primary N) is 1. The fourth-order valence-corrected chi connectivity index (χ4v) is 1.76. The highest BCUT2D eigenvalue weighted by Gasteiger charge is 2.31. The highest BCUT2D eigenvalue weighted by atomic mass is 35.5. The second-order valence-corrected chi connectivity index (χ2v) is 4.04. The van der Waals surface area contributed by atoms with Crippen molar-refractivity contribution in [3.8, 4) is 0 Å². The molecule has 0 fully saturated rings. The fourth-order valence-electron chi connectivity index (χ4n) is 1.65. The number of guanidine groups is 1. The maximum atomic E-state index is 10.6. The molecule has 8 heteroatoms. The first kappa shape index (κ1) is 11.6. The first-order chi connectivity index (χ1) is 8.06. The van der Waals surface area contributed by atoms with E-state index < -0.39 is 5.03 Å².